The van der Waals surface area contributed by atoms with Crippen LogP contribution in [0.2, 0.25) is 10.0 Å². The molecular weight excluding hydrogens is 395 g/mol. The minimum absolute atomic E-state index is 0.321. The van der Waals surface area contributed by atoms with Gasteiger partial charge in [0, 0.05) is 21.2 Å². The Morgan fingerprint density at radius 2 is 1.79 bits per heavy atom. The Hall–Kier alpha value is -2.82. The number of hydrazone groups is 1. The molecule has 142 valence electrons. The molecular formula is C22H18Cl2N2O2. The maximum atomic E-state index is 12.1. The number of nitrogens with zero attached hydrogens (tertiary/aromatic N) is 1. The lowest BCUT2D eigenvalue weighted by molar-refractivity contribution is 0.0955. The number of nitrogens with one attached hydrogen (secondary N) is 1. The summed E-state index contributed by atoms with van der Waals surface area (Å²) in [5.41, 5.74) is 5.61. The molecule has 0 aliphatic carbocycles. The Morgan fingerprint density at radius 1 is 1.04 bits per heavy atom. The molecule has 0 fully saturated rings. The van der Waals surface area contributed by atoms with E-state index in [-0.39, 0.29) is 5.91 Å². The van der Waals surface area contributed by atoms with Crippen LogP contribution in [-0.4, -0.2) is 12.1 Å². The fourth-order valence-electron chi connectivity index (χ4n) is 2.39. The van der Waals surface area contributed by atoms with Crippen LogP contribution in [0.5, 0.6) is 5.75 Å². The monoisotopic (exact) mass is 412 g/mol. The third kappa shape index (κ3) is 5.35. The fourth-order valence-corrected chi connectivity index (χ4v) is 2.76. The highest BCUT2D eigenvalue weighted by Crippen LogP contribution is 2.19. The Kier molecular flexibility index (Phi) is 6.69. The average Bonchev–Trinajstić information content (AvgIpc) is 2.70. The lowest BCUT2D eigenvalue weighted by Crippen LogP contribution is -2.17. The number of hydrogen-bond acceptors (Lipinski definition) is 3. The smallest absolute Gasteiger partial charge is 0.271 e. The molecule has 0 aromatic heterocycles. The van der Waals surface area contributed by atoms with Crippen LogP contribution >= 0.6 is 23.2 Å². The van der Waals surface area contributed by atoms with Crippen molar-refractivity contribution >= 4 is 35.3 Å². The average molecular weight is 413 g/mol. The van der Waals surface area contributed by atoms with Crippen molar-refractivity contribution in [2.45, 2.75) is 13.5 Å². The van der Waals surface area contributed by atoms with E-state index in [1.165, 1.54) is 0 Å². The van der Waals surface area contributed by atoms with Crippen LogP contribution in [0, 0.1) is 6.92 Å². The van der Waals surface area contributed by atoms with E-state index >= 15 is 0 Å². The van der Waals surface area contributed by atoms with Crippen molar-refractivity contribution < 1.29 is 9.53 Å². The number of rotatable bonds is 6. The van der Waals surface area contributed by atoms with Gasteiger partial charge in [0.1, 0.15) is 12.4 Å². The minimum Gasteiger partial charge on any atom is -0.489 e. The summed E-state index contributed by atoms with van der Waals surface area (Å²) in [6, 6.07) is 20.0. The zero-order valence-electron chi connectivity index (χ0n) is 15.2. The first-order valence-electron chi connectivity index (χ1n) is 8.59. The highest BCUT2D eigenvalue weighted by molar-refractivity contribution is 6.31. The van der Waals surface area contributed by atoms with E-state index in [0.717, 1.165) is 22.4 Å². The van der Waals surface area contributed by atoms with Crippen molar-refractivity contribution in [1.29, 1.82) is 0 Å². The molecule has 0 radical (unpaired) electrons. The second kappa shape index (κ2) is 9.40. The van der Waals surface area contributed by atoms with E-state index in [1.54, 1.807) is 24.4 Å². The van der Waals surface area contributed by atoms with Gasteiger partial charge in [-0.2, -0.15) is 5.10 Å². The summed E-state index contributed by atoms with van der Waals surface area (Å²) in [6.07, 6.45) is 1.56. The third-order valence-corrected chi connectivity index (χ3v) is 4.82. The summed E-state index contributed by atoms with van der Waals surface area (Å²) in [5.74, 6) is 0.397. The summed E-state index contributed by atoms with van der Waals surface area (Å²) >= 11 is 12.2. The molecule has 0 bridgehead atoms. The minimum atomic E-state index is -0.321. The Labute approximate surface area is 173 Å². The van der Waals surface area contributed by atoms with Crippen LogP contribution < -0.4 is 10.2 Å². The molecule has 1 N–H and O–H groups in total. The normalized spacial score (nSPS) is 10.8. The first kappa shape index (κ1) is 19.9. The van der Waals surface area contributed by atoms with Crippen molar-refractivity contribution in [3.63, 3.8) is 0 Å². The molecule has 0 saturated carbocycles. The van der Waals surface area contributed by atoms with Crippen LogP contribution in [0.4, 0.5) is 0 Å². The van der Waals surface area contributed by atoms with Gasteiger partial charge in [-0.1, -0.05) is 47.5 Å². The maximum Gasteiger partial charge on any atom is 0.271 e. The van der Waals surface area contributed by atoms with E-state index in [0.29, 0.717) is 22.2 Å². The largest absolute Gasteiger partial charge is 0.489 e. The summed E-state index contributed by atoms with van der Waals surface area (Å²) in [4.78, 5) is 12.1. The van der Waals surface area contributed by atoms with Crippen LogP contribution in [0.1, 0.15) is 27.0 Å². The number of carbonyl (C=O) groups excluding carboxylic acids is 1. The van der Waals surface area contributed by atoms with Crippen LogP contribution in [-0.2, 0) is 6.61 Å². The molecule has 0 aliphatic heterocycles. The number of hydrogen-bond donors (Lipinski definition) is 1. The Balaban J connectivity index is 1.54. The molecule has 28 heavy (non-hydrogen) atoms. The van der Waals surface area contributed by atoms with E-state index in [4.69, 9.17) is 27.9 Å². The molecule has 3 aromatic rings. The molecule has 0 unspecified atom stereocenters. The molecule has 3 rings (SSSR count). The first-order chi connectivity index (χ1) is 13.5. The van der Waals surface area contributed by atoms with E-state index in [2.05, 4.69) is 10.5 Å². The topological polar surface area (TPSA) is 50.7 Å². The summed E-state index contributed by atoms with van der Waals surface area (Å²) in [5, 5.41) is 5.20. The standard InChI is InChI=1S/C22H18Cl2N2O2/c1-15-6-9-17(12-21(15)24)22(27)26-25-13-16-7-10-19(11-8-16)28-14-18-4-2-3-5-20(18)23/h2-13H,14H2,1H3,(H,26,27)/b25-13-. The summed E-state index contributed by atoms with van der Waals surface area (Å²) in [7, 11) is 0. The molecule has 0 aliphatic rings. The molecule has 0 spiro atoms. The molecule has 0 heterocycles. The van der Waals surface area contributed by atoms with Crippen molar-refractivity contribution in [1.82, 2.24) is 5.43 Å². The van der Waals surface area contributed by atoms with Gasteiger partial charge >= 0.3 is 0 Å². The third-order valence-electron chi connectivity index (χ3n) is 4.05. The van der Waals surface area contributed by atoms with E-state index < -0.39 is 0 Å². The first-order valence-corrected chi connectivity index (χ1v) is 9.34. The van der Waals surface area contributed by atoms with Crippen molar-refractivity contribution in [3.05, 3.63) is 99.0 Å². The highest BCUT2D eigenvalue weighted by Gasteiger charge is 2.06. The van der Waals surface area contributed by atoms with Gasteiger partial charge < -0.3 is 4.74 Å². The van der Waals surface area contributed by atoms with E-state index in [1.807, 2.05) is 55.5 Å². The van der Waals surface area contributed by atoms with Gasteiger partial charge in [0.15, 0.2) is 0 Å². The zero-order valence-corrected chi connectivity index (χ0v) is 16.7. The molecule has 0 saturated heterocycles. The number of aryl methyl sites for hydroxylation is 1. The fraction of sp³-hybridized carbons (Fsp3) is 0.0909. The predicted molar refractivity (Wildman–Crippen MR) is 113 cm³/mol. The summed E-state index contributed by atoms with van der Waals surface area (Å²) in [6.45, 7) is 2.27. The molecule has 0 atom stereocenters. The lowest BCUT2D eigenvalue weighted by atomic mass is 10.1. The van der Waals surface area contributed by atoms with Gasteiger partial charge in [0.05, 0.1) is 6.21 Å². The molecule has 3 aromatic carbocycles. The Morgan fingerprint density at radius 3 is 2.50 bits per heavy atom. The van der Waals surface area contributed by atoms with Gasteiger partial charge in [-0.25, -0.2) is 5.43 Å². The predicted octanol–water partition coefficient (Wildman–Crippen LogP) is 5.64. The van der Waals surface area contributed by atoms with Gasteiger partial charge in [-0.15, -0.1) is 0 Å². The van der Waals surface area contributed by atoms with Gasteiger partial charge in [0.2, 0.25) is 0 Å². The number of carbonyl (C=O) groups is 1. The van der Waals surface area contributed by atoms with Crippen LogP contribution in [0.15, 0.2) is 71.8 Å². The van der Waals surface area contributed by atoms with Crippen LogP contribution in [0.25, 0.3) is 0 Å². The quantitative estimate of drug-likeness (QED) is 0.420. The number of halogens is 2. The number of amides is 1. The summed E-state index contributed by atoms with van der Waals surface area (Å²) < 4.78 is 5.74. The second-order valence-corrected chi connectivity index (χ2v) is 6.93. The van der Waals surface area contributed by atoms with Gasteiger partial charge in [-0.05, 0) is 60.5 Å². The van der Waals surface area contributed by atoms with Crippen LogP contribution in [0.3, 0.4) is 0 Å². The van der Waals surface area contributed by atoms with Crippen molar-refractivity contribution in [3.8, 4) is 5.75 Å². The molecule has 6 heteroatoms. The van der Waals surface area contributed by atoms with Crippen molar-refractivity contribution in [2.24, 2.45) is 5.10 Å². The SMILES string of the molecule is Cc1ccc(C(=O)N/N=C\c2ccc(OCc3ccccc3Cl)cc2)cc1Cl. The van der Waals surface area contributed by atoms with Crippen molar-refractivity contribution in [2.75, 3.05) is 0 Å². The highest BCUT2D eigenvalue weighted by atomic mass is 35.5. The lowest BCUT2D eigenvalue weighted by Gasteiger charge is -2.07. The number of ether oxygens (including phenoxy) is 1. The van der Waals surface area contributed by atoms with E-state index in [9.17, 15) is 4.79 Å². The molecule has 4 nitrogen and oxygen atoms in total. The van der Waals surface area contributed by atoms with Gasteiger partial charge in [-0.3, -0.25) is 4.79 Å². The number of benzene rings is 3. The Bertz CT molecular complexity index is 1000. The second-order valence-electron chi connectivity index (χ2n) is 6.11. The zero-order chi connectivity index (χ0) is 19.9. The van der Waals surface area contributed by atoms with Gasteiger partial charge in [0.25, 0.3) is 5.91 Å². The molecule has 1 amide bonds. The maximum absolute atomic E-state index is 12.1.